The minimum absolute atomic E-state index is 0.0270. The number of carbonyl (C=O) groups excluding carboxylic acids is 2. The molecule has 1 aliphatic heterocycles. The van der Waals surface area contributed by atoms with Gasteiger partial charge in [-0.25, -0.2) is 9.97 Å². The summed E-state index contributed by atoms with van der Waals surface area (Å²) in [5, 5.41) is 0. The molecule has 0 aromatic carbocycles. The number of piperidine rings is 1. The van der Waals surface area contributed by atoms with Crippen LogP contribution < -0.4 is 5.73 Å². The van der Waals surface area contributed by atoms with Crippen LogP contribution in [0.2, 0.25) is 0 Å². The first-order chi connectivity index (χ1) is 11.0. The maximum atomic E-state index is 12.5. The number of primary amides is 1. The van der Waals surface area contributed by atoms with Gasteiger partial charge < -0.3 is 15.4 Å². The lowest BCUT2D eigenvalue weighted by atomic mass is 10.1. The van der Waals surface area contributed by atoms with Crippen LogP contribution in [-0.2, 0) is 4.74 Å². The molecule has 2 rings (SSSR count). The second-order valence-corrected chi connectivity index (χ2v) is 6.16. The van der Waals surface area contributed by atoms with Gasteiger partial charge in [-0.15, -0.1) is 0 Å². The highest BCUT2D eigenvalue weighted by Crippen LogP contribution is 2.17. The first-order valence-corrected chi connectivity index (χ1v) is 8.00. The van der Waals surface area contributed by atoms with Gasteiger partial charge >= 0.3 is 0 Å². The highest BCUT2D eigenvalue weighted by Gasteiger charge is 2.27. The molecule has 2 N–H and O–H groups in total. The quantitative estimate of drug-likeness (QED) is 0.850. The molecule has 0 spiro atoms. The van der Waals surface area contributed by atoms with Crippen molar-refractivity contribution in [3.05, 3.63) is 23.8 Å². The van der Waals surface area contributed by atoms with Gasteiger partial charge in [0.05, 0.1) is 6.10 Å². The van der Waals surface area contributed by atoms with Crippen LogP contribution in [0.4, 0.5) is 0 Å². The molecule has 7 nitrogen and oxygen atoms in total. The maximum absolute atomic E-state index is 12.5. The van der Waals surface area contributed by atoms with Crippen LogP contribution >= 0.6 is 0 Å². The van der Waals surface area contributed by atoms with Crippen molar-refractivity contribution in [1.29, 1.82) is 0 Å². The van der Waals surface area contributed by atoms with Gasteiger partial charge in [-0.2, -0.15) is 0 Å². The molecule has 1 aromatic rings. The highest BCUT2D eigenvalue weighted by atomic mass is 16.5. The third kappa shape index (κ3) is 4.72. The minimum atomic E-state index is -0.742. The van der Waals surface area contributed by atoms with E-state index in [1.165, 1.54) is 12.4 Å². The van der Waals surface area contributed by atoms with Crippen molar-refractivity contribution in [3.8, 4) is 0 Å². The lowest BCUT2D eigenvalue weighted by Crippen LogP contribution is -2.42. The summed E-state index contributed by atoms with van der Waals surface area (Å²) in [7, 11) is 0. The summed E-state index contributed by atoms with van der Waals surface area (Å²) in [6.45, 7) is 6.26. The van der Waals surface area contributed by atoms with Gasteiger partial charge in [-0.3, -0.25) is 9.59 Å². The molecule has 0 unspecified atom stereocenters. The Kier molecular flexibility index (Phi) is 6.04. The van der Waals surface area contributed by atoms with Gasteiger partial charge in [0.15, 0.2) is 11.4 Å². The second-order valence-electron chi connectivity index (χ2n) is 6.16. The van der Waals surface area contributed by atoms with Crippen molar-refractivity contribution < 1.29 is 14.3 Å². The zero-order chi connectivity index (χ0) is 16.8. The van der Waals surface area contributed by atoms with Crippen LogP contribution in [-0.4, -0.2) is 52.5 Å². The SMILES string of the molecule is CC(C)CCOC1CCN(C(=O)c2nccnc2C(N)=O)CC1. The molecule has 0 saturated carbocycles. The molecule has 0 aliphatic carbocycles. The summed E-state index contributed by atoms with van der Waals surface area (Å²) >= 11 is 0. The van der Waals surface area contributed by atoms with E-state index in [4.69, 9.17) is 10.5 Å². The maximum Gasteiger partial charge on any atom is 0.274 e. The average Bonchev–Trinajstić information content (AvgIpc) is 2.54. The molecule has 126 valence electrons. The van der Waals surface area contributed by atoms with E-state index < -0.39 is 5.91 Å². The molecule has 0 bridgehead atoms. The minimum Gasteiger partial charge on any atom is -0.378 e. The van der Waals surface area contributed by atoms with Gasteiger partial charge in [-0.05, 0) is 25.2 Å². The fourth-order valence-corrected chi connectivity index (χ4v) is 2.52. The number of nitrogens with two attached hydrogens (primary N) is 1. The Balaban J connectivity index is 1.90. The van der Waals surface area contributed by atoms with Crippen molar-refractivity contribution in [3.63, 3.8) is 0 Å². The van der Waals surface area contributed by atoms with Crippen molar-refractivity contribution in [2.75, 3.05) is 19.7 Å². The van der Waals surface area contributed by atoms with Gasteiger partial charge in [0.25, 0.3) is 11.8 Å². The van der Waals surface area contributed by atoms with E-state index in [2.05, 4.69) is 23.8 Å². The summed E-state index contributed by atoms with van der Waals surface area (Å²) in [6, 6.07) is 0. The monoisotopic (exact) mass is 320 g/mol. The Labute approximate surface area is 136 Å². The number of aromatic nitrogens is 2. The molecule has 23 heavy (non-hydrogen) atoms. The van der Waals surface area contributed by atoms with Crippen LogP contribution in [0.25, 0.3) is 0 Å². The van der Waals surface area contributed by atoms with Gasteiger partial charge in [-0.1, -0.05) is 13.8 Å². The lowest BCUT2D eigenvalue weighted by molar-refractivity contribution is 0.00464. The Morgan fingerprint density at radius 2 is 1.87 bits per heavy atom. The number of nitrogens with zero attached hydrogens (tertiary/aromatic N) is 3. The molecular weight excluding hydrogens is 296 g/mol. The number of rotatable bonds is 6. The zero-order valence-electron chi connectivity index (χ0n) is 13.7. The molecule has 1 aliphatic rings. The summed E-state index contributed by atoms with van der Waals surface area (Å²) in [4.78, 5) is 33.4. The third-order valence-corrected chi connectivity index (χ3v) is 3.91. The molecule has 2 amide bonds. The van der Waals surface area contributed by atoms with Crippen LogP contribution in [0.3, 0.4) is 0 Å². The smallest absolute Gasteiger partial charge is 0.274 e. The van der Waals surface area contributed by atoms with E-state index in [0.717, 1.165) is 25.9 Å². The van der Waals surface area contributed by atoms with Gasteiger partial charge in [0, 0.05) is 32.1 Å². The van der Waals surface area contributed by atoms with E-state index in [1.54, 1.807) is 4.90 Å². The standard InChI is InChI=1S/C16H24N4O3/c1-11(2)5-10-23-12-3-8-20(9-4-12)16(22)14-13(15(17)21)18-6-7-19-14/h6-7,11-12H,3-5,8-10H2,1-2H3,(H2,17,21). The number of hydrogen-bond donors (Lipinski definition) is 1. The van der Waals surface area contributed by atoms with Gasteiger partial charge in [0.1, 0.15) is 0 Å². The zero-order valence-corrected chi connectivity index (χ0v) is 13.7. The van der Waals surface area contributed by atoms with E-state index in [0.29, 0.717) is 19.0 Å². The summed E-state index contributed by atoms with van der Waals surface area (Å²) < 4.78 is 5.85. The largest absolute Gasteiger partial charge is 0.378 e. The van der Waals surface area contributed by atoms with Crippen LogP contribution in [0.15, 0.2) is 12.4 Å². The second kappa shape index (κ2) is 8.01. The predicted octanol–water partition coefficient (Wildman–Crippen LogP) is 1.24. The number of carbonyl (C=O) groups is 2. The molecule has 0 radical (unpaired) electrons. The highest BCUT2D eigenvalue weighted by molar-refractivity contribution is 6.03. The fraction of sp³-hybridized carbons (Fsp3) is 0.625. The fourth-order valence-electron chi connectivity index (χ4n) is 2.52. The van der Waals surface area contributed by atoms with Crippen molar-refractivity contribution in [2.24, 2.45) is 11.7 Å². The van der Waals surface area contributed by atoms with Crippen molar-refractivity contribution in [2.45, 2.75) is 39.2 Å². The molecule has 0 atom stereocenters. The topological polar surface area (TPSA) is 98.4 Å². The number of likely N-dealkylation sites (tertiary alicyclic amines) is 1. The Hall–Kier alpha value is -2.02. The van der Waals surface area contributed by atoms with Crippen molar-refractivity contribution in [1.82, 2.24) is 14.9 Å². The van der Waals surface area contributed by atoms with Gasteiger partial charge in [0.2, 0.25) is 0 Å². The van der Waals surface area contributed by atoms with E-state index in [-0.39, 0.29) is 23.4 Å². The van der Waals surface area contributed by atoms with Crippen LogP contribution in [0.1, 0.15) is 54.1 Å². The number of amides is 2. The summed E-state index contributed by atoms with van der Waals surface area (Å²) in [5.41, 5.74) is 5.20. The molecule has 1 saturated heterocycles. The summed E-state index contributed by atoms with van der Waals surface area (Å²) in [5.74, 6) is -0.415. The normalized spacial score (nSPS) is 15.9. The number of hydrogen-bond acceptors (Lipinski definition) is 5. The molecule has 1 fully saturated rings. The lowest BCUT2D eigenvalue weighted by Gasteiger charge is -2.32. The van der Waals surface area contributed by atoms with E-state index in [9.17, 15) is 9.59 Å². The Morgan fingerprint density at radius 1 is 1.26 bits per heavy atom. The van der Waals surface area contributed by atoms with E-state index in [1.807, 2.05) is 0 Å². The molecular formula is C16H24N4O3. The van der Waals surface area contributed by atoms with Crippen molar-refractivity contribution >= 4 is 11.8 Å². The molecule has 7 heteroatoms. The average molecular weight is 320 g/mol. The van der Waals surface area contributed by atoms with Crippen LogP contribution in [0, 0.1) is 5.92 Å². The third-order valence-electron chi connectivity index (χ3n) is 3.91. The predicted molar refractivity (Wildman–Crippen MR) is 84.9 cm³/mol. The molecule has 1 aromatic heterocycles. The summed E-state index contributed by atoms with van der Waals surface area (Å²) in [6.07, 6.45) is 5.55. The first-order valence-electron chi connectivity index (χ1n) is 8.00. The Bertz CT molecular complexity index is 554. The number of ether oxygens (including phenoxy) is 1. The van der Waals surface area contributed by atoms with Crippen LogP contribution in [0.5, 0.6) is 0 Å². The Morgan fingerprint density at radius 3 is 2.43 bits per heavy atom. The first kappa shape index (κ1) is 17.3. The molecule has 2 heterocycles. The van der Waals surface area contributed by atoms with E-state index >= 15 is 0 Å².